The summed E-state index contributed by atoms with van der Waals surface area (Å²) in [4.78, 5) is 32.6. The molecule has 0 saturated heterocycles. The predicted octanol–water partition coefficient (Wildman–Crippen LogP) is 4.16. The number of H-pyrrole nitrogens is 1. The van der Waals surface area contributed by atoms with Crippen molar-refractivity contribution in [3.05, 3.63) is 51.5 Å². The van der Waals surface area contributed by atoms with Crippen LogP contribution < -0.4 is 11.2 Å². The number of rotatable bonds is 7. The highest BCUT2D eigenvalue weighted by atomic mass is 28.3. The van der Waals surface area contributed by atoms with Crippen molar-refractivity contribution in [1.29, 1.82) is 5.26 Å². The SMILES string of the molecule is C[Si](C)(C)CCOCn1ccc2c1ncc1c(=O)[nH]c(=O)n(C3CCC(/C=C/C#N)CC3)c12. The number of ether oxygens (including phenoxy) is 1. The zero-order valence-electron chi connectivity index (χ0n) is 19.5. The van der Waals surface area contributed by atoms with Gasteiger partial charge in [-0.15, -0.1) is 0 Å². The molecule has 0 radical (unpaired) electrons. The minimum absolute atomic E-state index is 0.00877. The molecule has 0 atom stereocenters. The fourth-order valence-corrected chi connectivity index (χ4v) is 5.36. The molecule has 1 aliphatic rings. The molecule has 3 aromatic heterocycles. The van der Waals surface area contributed by atoms with Crippen LogP contribution in [0.3, 0.4) is 0 Å². The van der Waals surface area contributed by atoms with E-state index in [-0.39, 0.29) is 11.7 Å². The summed E-state index contributed by atoms with van der Waals surface area (Å²) < 4.78 is 9.58. The van der Waals surface area contributed by atoms with Gasteiger partial charge in [-0.05, 0) is 43.7 Å². The topological polar surface area (TPSA) is 106 Å². The smallest absolute Gasteiger partial charge is 0.329 e. The number of aromatic amines is 1. The van der Waals surface area contributed by atoms with Crippen LogP contribution >= 0.6 is 0 Å². The highest BCUT2D eigenvalue weighted by Crippen LogP contribution is 2.34. The standard InChI is InChI=1S/C24H31N5O3Si/c1-33(2,3)14-13-32-16-28-12-10-19-21-20(15-26-22(19)28)23(30)27-24(31)29(21)18-8-6-17(7-9-18)5-4-11-25/h4-5,10,12,15,17-18H,6-9,13-14,16H2,1-3H3,(H,27,30,31)/b5-4+. The average molecular weight is 466 g/mol. The van der Waals surface area contributed by atoms with Gasteiger partial charge in [-0.3, -0.25) is 14.3 Å². The monoisotopic (exact) mass is 465 g/mol. The highest BCUT2D eigenvalue weighted by molar-refractivity contribution is 6.76. The number of pyridine rings is 1. The van der Waals surface area contributed by atoms with Crippen molar-refractivity contribution < 1.29 is 4.74 Å². The molecule has 0 aromatic carbocycles. The third-order valence-corrected chi connectivity index (χ3v) is 8.17. The van der Waals surface area contributed by atoms with Gasteiger partial charge < -0.3 is 9.30 Å². The molecule has 4 rings (SSSR count). The van der Waals surface area contributed by atoms with E-state index in [2.05, 4.69) is 35.7 Å². The van der Waals surface area contributed by atoms with E-state index >= 15 is 0 Å². The van der Waals surface area contributed by atoms with E-state index in [4.69, 9.17) is 10.00 Å². The highest BCUT2D eigenvalue weighted by Gasteiger charge is 2.25. The molecule has 0 bridgehead atoms. The number of hydrogen-bond acceptors (Lipinski definition) is 5. The molecular weight excluding hydrogens is 434 g/mol. The first-order valence-electron chi connectivity index (χ1n) is 11.5. The van der Waals surface area contributed by atoms with Crippen LogP contribution in [0.1, 0.15) is 31.7 Å². The number of nitrogens with zero attached hydrogens (tertiary/aromatic N) is 4. The summed E-state index contributed by atoms with van der Waals surface area (Å²) in [6.45, 7) is 8.05. The second-order valence-corrected chi connectivity index (χ2v) is 15.7. The Morgan fingerprint density at radius 1 is 1.24 bits per heavy atom. The van der Waals surface area contributed by atoms with Gasteiger partial charge in [0.15, 0.2) is 0 Å². The van der Waals surface area contributed by atoms with Gasteiger partial charge in [0.2, 0.25) is 0 Å². The quantitative estimate of drug-likeness (QED) is 0.320. The van der Waals surface area contributed by atoms with Gasteiger partial charge in [0.05, 0.1) is 17.0 Å². The third-order valence-electron chi connectivity index (χ3n) is 6.46. The van der Waals surface area contributed by atoms with E-state index in [0.29, 0.717) is 35.8 Å². The minimum Gasteiger partial charge on any atom is -0.361 e. The molecule has 0 amide bonds. The summed E-state index contributed by atoms with van der Waals surface area (Å²) in [5.74, 6) is 0.349. The molecule has 1 saturated carbocycles. The molecule has 174 valence electrons. The van der Waals surface area contributed by atoms with Crippen LogP contribution in [0.25, 0.3) is 21.9 Å². The molecule has 0 aliphatic heterocycles. The Morgan fingerprint density at radius 2 is 2.00 bits per heavy atom. The van der Waals surface area contributed by atoms with E-state index < -0.39 is 13.6 Å². The molecule has 1 N–H and O–H groups in total. The molecule has 0 spiro atoms. The van der Waals surface area contributed by atoms with Crippen molar-refractivity contribution in [3.63, 3.8) is 0 Å². The lowest BCUT2D eigenvalue weighted by molar-refractivity contribution is 0.0899. The Bertz CT molecular complexity index is 1330. The maximum Gasteiger partial charge on any atom is 0.329 e. The van der Waals surface area contributed by atoms with Crippen LogP contribution in [0.2, 0.25) is 25.7 Å². The lowest BCUT2D eigenvalue weighted by Crippen LogP contribution is -2.34. The molecule has 8 nitrogen and oxygen atoms in total. The molecule has 3 heterocycles. The number of aromatic nitrogens is 4. The first kappa shape index (κ1) is 23.2. The van der Waals surface area contributed by atoms with Crippen LogP contribution in [0.4, 0.5) is 0 Å². The second-order valence-electron chi connectivity index (χ2n) is 10.1. The van der Waals surface area contributed by atoms with Crippen LogP contribution in [0.5, 0.6) is 0 Å². The Morgan fingerprint density at radius 3 is 2.70 bits per heavy atom. The van der Waals surface area contributed by atoms with Gasteiger partial charge in [0, 0.05) is 44.6 Å². The number of fused-ring (bicyclic) bond motifs is 3. The third kappa shape index (κ3) is 5.02. The van der Waals surface area contributed by atoms with E-state index in [0.717, 1.165) is 37.1 Å². The molecule has 0 unspecified atom stereocenters. The summed E-state index contributed by atoms with van der Waals surface area (Å²) in [6.07, 6.45) is 10.4. The summed E-state index contributed by atoms with van der Waals surface area (Å²) >= 11 is 0. The summed E-state index contributed by atoms with van der Waals surface area (Å²) in [6, 6.07) is 5.05. The predicted molar refractivity (Wildman–Crippen MR) is 132 cm³/mol. The van der Waals surface area contributed by atoms with Gasteiger partial charge >= 0.3 is 5.69 Å². The van der Waals surface area contributed by atoms with E-state index in [9.17, 15) is 9.59 Å². The Labute approximate surface area is 193 Å². The first-order chi connectivity index (χ1) is 15.8. The maximum atomic E-state index is 13.0. The number of nitrogens with one attached hydrogen (secondary N) is 1. The van der Waals surface area contributed by atoms with Crippen LogP contribution in [-0.4, -0.2) is 33.8 Å². The van der Waals surface area contributed by atoms with Crippen molar-refractivity contribution >= 4 is 30.0 Å². The van der Waals surface area contributed by atoms with E-state index in [1.54, 1.807) is 10.8 Å². The number of nitriles is 1. The number of hydrogen-bond donors (Lipinski definition) is 1. The maximum absolute atomic E-state index is 13.0. The summed E-state index contributed by atoms with van der Waals surface area (Å²) in [5.41, 5.74) is 0.561. The van der Waals surface area contributed by atoms with Crippen molar-refractivity contribution in [1.82, 2.24) is 19.1 Å². The lowest BCUT2D eigenvalue weighted by Gasteiger charge is -2.29. The van der Waals surface area contributed by atoms with E-state index in [1.807, 2.05) is 22.9 Å². The molecule has 9 heteroatoms. The largest absolute Gasteiger partial charge is 0.361 e. The average Bonchev–Trinajstić information content (AvgIpc) is 3.19. The Balaban J connectivity index is 1.69. The second kappa shape index (κ2) is 9.49. The van der Waals surface area contributed by atoms with Gasteiger partial charge in [0.1, 0.15) is 12.4 Å². The Hall–Kier alpha value is -2.96. The van der Waals surface area contributed by atoms with Gasteiger partial charge in [-0.1, -0.05) is 25.7 Å². The van der Waals surface area contributed by atoms with Crippen molar-refractivity contribution in [3.8, 4) is 6.07 Å². The zero-order valence-corrected chi connectivity index (χ0v) is 20.5. The molecule has 1 aliphatic carbocycles. The van der Waals surface area contributed by atoms with Crippen LogP contribution in [0.15, 0.2) is 40.2 Å². The first-order valence-corrected chi connectivity index (χ1v) is 15.3. The van der Waals surface area contributed by atoms with Crippen LogP contribution in [0, 0.1) is 17.2 Å². The fourth-order valence-electron chi connectivity index (χ4n) is 4.60. The van der Waals surface area contributed by atoms with Gasteiger partial charge in [0.25, 0.3) is 5.56 Å². The Kier molecular flexibility index (Phi) is 6.67. The van der Waals surface area contributed by atoms with Gasteiger partial charge in [-0.2, -0.15) is 5.26 Å². The fraction of sp³-hybridized carbons (Fsp3) is 0.500. The molecule has 1 fully saturated rings. The summed E-state index contributed by atoms with van der Waals surface area (Å²) in [5, 5.41) is 9.99. The number of allylic oxidation sites excluding steroid dienone is 2. The van der Waals surface area contributed by atoms with Crippen molar-refractivity contribution in [2.24, 2.45) is 5.92 Å². The van der Waals surface area contributed by atoms with Crippen LogP contribution in [-0.2, 0) is 11.5 Å². The zero-order chi connectivity index (χ0) is 23.6. The normalized spacial score (nSPS) is 19.5. The van der Waals surface area contributed by atoms with Crippen molar-refractivity contribution in [2.45, 2.75) is 64.1 Å². The van der Waals surface area contributed by atoms with E-state index in [1.165, 1.54) is 6.08 Å². The molecule has 3 aromatic rings. The van der Waals surface area contributed by atoms with Gasteiger partial charge in [-0.25, -0.2) is 9.78 Å². The molecular formula is C24H31N5O3Si. The summed E-state index contributed by atoms with van der Waals surface area (Å²) in [7, 11) is -1.17. The van der Waals surface area contributed by atoms with Crippen molar-refractivity contribution in [2.75, 3.05) is 6.61 Å². The minimum atomic E-state index is -1.17. The molecule has 33 heavy (non-hydrogen) atoms. The lowest BCUT2D eigenvalue weighted by atomic mass is 9.85.